The molecule has 0 fully saturated rings. The molecule has 148 valence electrons. The maximum absolute atomic E-state index is 12.2. The third-order valence-electron chi connectivity index (χ3n) is 3.90. The minimum Gasteiger partial charge on any atom is -0.492 e. The molecule has 0 radical (unpaired) electrons. The van der Waals surface area contributed by atoms with Crippen LogP contribution in [0.15, 0.2) is 78.9 Å². The van der Waals surface area contributed by atoms with Crippen molar-refractivity contribution in [3.63, 3.8) is 0 Å². The first-order valence-corrected chi connectivity index (χ1v) is 9.28. The van der Waals surface area contributed by atoms with Gasteiger partial charge in [-0.25, -0.2) is 0 Å². The van der Waals surface area contributed by atoms with E-state index in [9.17, 15) is 9.59 Å². The Balaban J connectivity index is 1.52. The van der Waals surface area contributed by atoms with Crippen molar-refractivity contribution in [1.82, 2.24) is 0 Å². The lowest BCUT2D eigenvalue weighted by atomic mass is 10.2. The van der Waals surface area contributed by atoms with Crippen molar-refractivity contribution in [2.45, 2.75) is 13.3 Å². The number of rotatable bonds is 8. The van der Waals surface area contributed by atoms with Crippen molar-refractivity contribution in [1.29, 1.82) is 0 Å². The zero-order valence-corrected chi connectivity index (χ0v) is 16.1. The van der Waals surface area contributed by atoms with E-state index < -0.39 is 11.8 Å². The lowest BCUT2D eigenvalue weighted by Crippen LogP contribution is -2.21. The van der Waals surface area contributed by atoms with Crippen molar-refractivity contribution in [3.8, 4) is 17.2 Å². The highest BCUT2D eigenvalue weighted by Crippen LogP contribution is 2.24. The Morgan fingerprint density at radius 2 is 1.38 bits per heavy atom. The summed E-state index contributed by atoms with van der Waals surface area (Å²) in [5.41, 5.74) is 1.12. The average Bonchev–Trinajstić information content (AvgIpc) is 2.72. The lowest BCUT2D eigenvalue weighted by molar-refractivity contribution is -0.123. The van der Waals surface area contributed by atoms with Crippen LogP contribution in [0.1, 0.15) is 13.3 Å². The molecule has 0 atom stereocenters. The third-order valence-corrected chi connectivity index (χ3v) is 3.90. The number of benzene rings is 3. The van der Waals surface area contributed by atoms with Gasteiger partial charge in [-0.15, -0.1) is 0 Å². The summed E-state index contributed by atoms with van der Waals surface area (Å²) in [5, 5.41) is 5.41. The quantitative estimate of drug-likeness (QED) is 0.539. The molecule has 0 aliphatic heterocycles. The van der Waals surface area contributed by atoms with Crippen LogP contribution in [0, 0.1) is 0 Å². The van der Waals surface area contributed by atoms with Crippen LogP contribution >= 0.6 is 0 Å². The van der Waals surface area contributed by atoms with E-state index in [0.717, 1.165) is 5.75 Å². The van der Waals surface area contributed by atoms with Crippen molar-refractivity contribution in [2.75, 3.05) is 17.2 Å². The van der Waals surface area contributed by atoms with Gasteiger partial charge >= 0.3 is 0 Å². The van der Waals surface area contributed by atoms with Gasteiger partial charge in [0.25, 0.3) is 0 Å². The Bertz CT molecular complexity index is 956. The van der Waals surface area contributed by atoms with Gasteiger partial charge in [-0.2, -0.15) is 0 Å². The Labute approximate surface area is 169 Å². The first-order chi connectivity index (χ1) is 14.1. The molecular weight excluding hydrogens is 368 g/mol. The van der Waals surface area contributed by atoms with Crippen LogP contribution in [0.4, 0.5) is 11.4 Å². The van der Waals surface area contributed by atoms with Crippen LogP contribution in [0.5, 0.6) is 17.2 Å². The van der Waals surface area contributed by atoms with Gasteiger partial charge in [0.15, 0.2) is 0 Å². The van der Waals surface area contributed by atoms with Crippen LogP contribution < -0.4 is 20.1 Å². The molecule has 3 aromatic rings. The zero-order chi connectivity index (χ0) is 20.5. The predicted molar refractivity (Wildman–Crippen MR) is 112 cm³/mol. The standard InChI is InChI=1S/C23H22N2O4/c1-2-28-21-11-7-6-10-20(21)25-23(27)16-22(26)24-17-12-14-19(15-13-17)29-18-8-4-3-5-9-18/h3-15H,2,16H2,1H3,(H,24,26)(H,25,27). The van der Waals surface area contributed by atoms with E-state index in [1.807, 2.05) is 43.3 Å². The topological polar surface area (TPSA) is 76.7 Å². The average molecular weight is 390 g/mol. The van der Waals surface area contributed by atoms with E-state index >= 15 is 0 Å². The second-order valence-corrected chi connectivity index (χ2v) is 6.14. The smallest absolute Gasteiger partial charge is 0.233 e. The molecule has 0 saturated carbocycles. The van der Waals surface area contributed by atoms with Crippen molar-refractivity contribution in [3.05, 3.63) is 78.9 Å². The molecule has 0 bridgehead atoms. The number of carbonyl (C=O) groups excluding carboxylic acids is 2. The molecule has 6 nitrogen and oxygen atoms in total. The molecule has 0 aliphatic rings. The van der Waals surface area contributed by atoms with Crippen LogP contribution in [0.3, 0.4) is 0 Å². The van der Waals surface area contributed by atoms with E-state index in [1.165, 1.54) is 0 Å². The van der Waals surface area contributed by atoms with Gasteiger partial charge < -0.3 is 20.1 Å². The maximum atomic E-state index is 12.2. The van der Waals surface area contributed by atoms with Gasteiger partial charge in [-0.3, -0.25) is 9.59 Å². The number of anilines is 2. The van der Waals surface area contributed by atoms with E-state index in [4.69, 9.17) is 9.47 Å². The molecule has 2 amide bonds. The Morgan fingerprint density at radius 3 is 2.10 bits per heavy atom. The number of nitrogens with one attached hydrogen (secondary N) is 2. The molecule has 0 saturated heterocycles. The number of hydrogen-bond acceptors (Lipinski definition) is 4. The molecule has 0 heterocycles. The van der Waals surface area contributed by atoms with Gasteiger partial charge in [0.1, 0.15) is 23.7 Å². The molecule has 29 heavy (non-hydrogen) atoms. The molecule has 3 rings (SSSR count). The van der Waals surface area contributed by atoms with Crippen molar-refractivity contribution < 1.29 is 19.1 Å². The van der Waals surface area contributed by atoms with Crippen LogP contribution in [0.2, 0.25) is 0 Å². The van der Waals surface area contributed by atoms with E-state index in [0.29, 0.717) is 29.5 Å². The van der Waals surface area contributed by atoms with Gasteiger partial charge in [0.2, 0.25) is 11.8 Å². The monoisotopic (exact) mass is 390 g/mol. The third kappa shape index (κ3) is 6.10. The molecule has 0 aromatic heterocycles. The largest absolute Gasteiger partial charge is 0.492 e. The minimum atomic E-state index is -0.418. The van der Waals surface area contributed by atoms with E-state index in [2.05, 4.69) is 10.6 Å². The van der Waals surface area contributed by atoms with Crippen LogP contribution in [-0.4, -0.2) is 18.4 Å². The van der Waals surface area contributed by atoms with Gasteiger partial charge in [0, 0.05) is 5.69 Å². The predicted octanol–water partition coefficient (Wildman–Crippen LogP) is 4.84. The molecule has 0 spiro atoms. The highest BCUT2D eigenvalue weighted by atomic mass is 16.5. The fourth-order valence-electron chi connectivity index (χ4n) is 2.63. The molecule has 0 aliphatic carbocycles. The maximum Gasteiger partial charge on any atom is 0.233 e. The van der Waals surface area contributed by atoms with E-state index in [1.54, 1.807) is 42.5 Å². The summed E-state index contributed by atoms with van der Waals surface area (Å²) < 4.78 is 11.2. The molecule has 3 aromatic carbocycles. The highest BCUT2D eigenvalue weighted by molar-refractivity contribution is 6.08. The molecule has 2 N–H and O–H groups in total. The number of ether oxygens (including phenoxy) is 2. The number of para-hydroxylation sites is 3. The lowest BCUT2D eigenvalue weighted by Gasteiger charge is -2.11. The number of carbonyl (C=O) groups is 2. The summed E-state index contributed by atoms with van der Waals surface area (Å²) >= 11 is 0. The summed E-state index contributed by atoms with van der Waals surface area (Å²) in [6.07, 6.45) is -0.303. The number of hydrogen-bond donors (Lipinski definition) is 2. The summed E-state index contributed by atoms with van der Waals surface area (Å²) in [6.45, 7) is 2.35. The Morgan fingerprint density at radius 1 is 0.759 bits per heavy atom. The molecule has 0 unspecified atom stereocenters. The molecule has 6 heteroatoms. The summed E-state index contributed by atoms with van der Waals surface area (Å²) in [4.78, 5) is 24.3. The molecular formula is C23H22N2O4. The highest BCUT2D eigenvalue weighted by Gasteiger charge is 2.12. The van der Waals surface area contributed by atoms with Crippen LogP contribution in [-0.2, 0) is 9.59 Å². The summed E-state index contributed by atoms with van der Waals surface area (Å²) in [7, 11) is 0. The second kappa shape index (κ2) is 9.94. The summed E-state index contributed by atoms with van der Waals surface area (Å²) in [6, 6.07) is 23.5. The first kappa shape index (κ1) is 19.9. The summed E-state index contributed by atoms with van der Waals surface area (Å²) in [5.74, 6) is 1.12. The number of amides is 2. The van der Waals surface area contributed by atoms with E-state index in [-0.39, 0.29) is 6.42 Å². The van der Waals surface area contributed by atoms with Crippen molar-refractivity contribution in [2.24, 2.45) is 0 Å². The van der Waals surface area contributed by atoms with Gasteiger partial charge in [-0.1, -0.05) is 30.3 Å². The Hall–Kier alpha value is -3.80. The SMILES string of the molecule is CCOc1ccccc1NC(=O)CC(=O)Nc1ccc(Oc2ccccc2)cc1. The van der Waals surface area contributed by atoms with Crippen molar-refractivity contribution >= 4 is 23.2 Å². The zero-order valence-electron chi connectivity index (χ0n) is 16.1. The van der Waals surface area contributed by atoms with Gasteiger partial charge in [0.05, 0.1) is 12.3 Å². The fourth-order valence-corrected chi connectivity index (χ4v) is 2.63. The van der Waals surface area contributed by atoms with Crippen LogP contribution in [0.25, 0.3) is 0 Å². The fraction of sp³-hybridized carbons (Fsp3) is 0.130. The normalized spacial score (nSPS) is 10.1. The Kier molecular flexibility index (Phi) is 6.84. The minimum absolute atomic E-state index is 0.303. The second-order valence-electron chi connectivity index (χ2n) is 6.14. The van der Waals surface area contributed by atoms with Gasteiger partial charge in [-0.05, 0) is 55.5 Å². The first-order valence-electron chi connectivity index (χ1n) is 9.28.